The van der Waals surface area contributed by atoms with Crippen LogP contribution >= 0.6 is 0 Å². The van der Waals surface area contributed by atoms with E-state index in [4.69, 9.17) is 0 Å². The SMILES string of the molecule is CC[C@H]1CCC(NC(C)C)CCN1C. The Morgan fingerprint density at radius 1 is 1.29 bits per heavy atom. The number of nitrogens with one attached hydrogen (secondary N) is 1. The summed E-state index contributed by atoms with van der Waals surface area (Å²) in [6.07, 6.45) is 5.31. The summed E-state index contributed by atoms with van der Waals surface area (Å²) in [6.45, 7) is 8.04. The second-order valence-corrected chi connectivity index (χ2v) is 4.93. The van der Waals surface area contributed by atoms with Crippen LogP contribution in [-0.4, -0.2) is 36.6 Å². The van der Waals surface area contributed by atoms with Crippen LogP contribution in [0.1, 0.15) is 46.5 Å². The molecule has 1 aliphatic heterocycles. The molecule has 0 spiro atoms. The average Bonchev–Trinajstić information content (AvgIpc) is 2.28. The van der Waals surface area contributed by atoms with Crippen LogP contribution in [0.4, 0.5) is 0 Å². The molecule has 0 aromatic carbocycles. The lowest BCUT2D eigenvalue weighted by molar-refractivity contribution is 0.240. The summed E-state index contributed by atoms with van der Waals surface area (Å²) in [4.78, 5) is 2.53. The second-order valence-electron chi connectivity index (χ2n) is 4.93. The lowest BCUT2D eigenvalue weighted by atomic mass is 10.0. The molecule has 2 atom stereocenters. The maximum Gasteiger partial charge on any atom is 0.00901 e. The van der Waals surface area contributed by atoms with Crippen molar-refractivity contribution in [2.24, 2.45) is 0 Å². The van der Waals surface area contributed by atoms with Crippen LogP contribution in [0, 0.1) is 0 Å². The fourth-order valence-electron chi connectivity index (χ4n) is 2.45. The smallest absolute Gasteiger partial charge is 0.00901 e. The first-order valence-corrected chi connectivity index (χ1v) is 6.09. The van der Waals surface area contributed by atoms with Crippen LogP contribution in [0.2, 0.25) is 0 Å². The van der Waals surface area contributed by atoms with Gasteiger partial charge >= 0.3 is 0 Å². The van der Waals surface area contributed by atoms with Crippen molar-refractivity contribution in [3.8, 4) is 0 Å². The molecule has 0 bridgehead atoms. The van der Waals surface area contributed by atoms with E-state index in [1.807, 2.05) is 0 Å². The van der Waals surface area contributed by atoms with Gasteiger partial charge in [0, 0.05) is 18.1 Å². The minimum atomic E-state index is 0.628. The zero-order chi connectivity index (χ0) is 10.6. The Bertz CT molecular complexity index is 156. The molecule has 0 aliphatic carbocycles. The summed E-state index contributed by atoms with van der Waals surface area (Å²) in [6, 6.07) is 2.19. The van der Waals surface area contributed by atoms with E-state index >= 15 is 0 Å². The van der Waals surface area contributed by atoms with Crippen LogP contribution in [0.3, 0.4) is 0 Å². The Labute approximate surface area is 89.1 Å². The summed E-state index contributed by atoms with van der Waals surface area (Å²) in [5.41, 5.74) is 0. The van der Waals surface area contributed by atoms with E-state index in [2.05, 4.69) is 38.0 Å². The van der Waals surface area contributed by atoms with E-state index < -0.39 is 0 Å². The Morgan fingerprint density at radius 3 is 2.57 bits per heavy atom. The molecule has 1 aliphatic rings. The maximum atomic E-state index is 3.66. The van der Waals surface area contributed by atoms with Crippen LogP contribution < -0.4 is 5.32 Å². The van der Waals surface area contributed by atoms with E-state index in [1.165, 1.54) is 32.2 Å². The van der Waals surface area contributed by atoms with Crippen molar-refractivity contribution >= 4 is 0 Å². The van der Waals surface area contributed by atoms with Crippen molar-refractivity contribution < 1.29 is 0 Å². The van der Waals surface area contributed by atoms with Gasteiger partial charge in [0.05, 0.1) is 0 Å². The van der Waals surface area contributed by atoms with Crippen molar-refractivity contribution in [3.05, 3.63) is 0 Å². The Balaban J connectivity index is 2.39. The van der Waals surface area contributed by atoms with Crippen molar-refractivity contribution in [1.29, 1.82) is 0 Å². The predicted molar refractivity (Wildman–Crippen MR) is 62.6 cm³/mol. The Kier molecular flexibility index (Phi) is 4.90. The van der Waals surface area contributed by atoms with Crippen LogP contribution in [0.15, 0.2) is 0 Å². The molecule has 2 nitrogen and oxygen atoms in total. The maximum absolute atomic E-state index is 3.66. The van der Waals surface area contributed by atoms with Crippen LogP contribution in [-0.2, 0) is 0 Å². The summed E-state index contributed by atoms with van der Waals surface area (Å²) in [5, 5.41) is 3.66. The average molecular weight is 198 g/mol. The molecule has 1 fully saturated rings. The molecule has 2 heteroatoms. The number of hydrogen-bond donors (Lipinski definition) is 1. The van der Waals surface area contributed by atoms with Gasteiger partial charge in [-0.1, -0.05) is 20.8 Å². The third-order valence-electron chi connectivity index (χ3n) is 3.34. The molecule has 0 aromatic heterocycles. The molecule has 0 radical (unpaired) electrons. The summed E-state index contributed by atoms with van der Waals surface area (Å²) in [7, 11) is 2.27. The van der Waals surface area contributed by atoms with Gasteiger partial charge in [-0.05, 0) is 39.3 Å². The zero-order valence-electron chi connectivity index (χ0n) is 10.2. The molecule has 1 heterocycles. The first-order chi connectivity index (χ1) is 6.63. The zero-order valence-corrected chi connectivity index (χ0v) is 10.2. The Morgan fingerprint density at radius 2 is 2.00 bits per heavy atom. The molecular formula is C12H26N2. The van der Waals surface area contributed by atoms with Crippen molar-refractivity contribution in [2.75, 3.05) is 13.6 Å². The van der Waals surface area contributed by atoms with Gasteiger partial charge in [-0.25, -0.2) is 0 Å². The lowest BCUT2D eigenvalue weighted by Crippen LogP contribution is -2.35. The summed E-state index contributed by atoms with van der Waals surface area (Å²) < 4.78 is 0. The molecular weight excluding hydrogens is 172 g/mol. The highest BCUT2D eigenvalue weighted by Gasteiger charge is 2.21. The van der Waals surface area contributed by atoms with Crippen molar-refractivity contribution in [3.63, 3.8) is 0 Å². The number of hydrogen-bond acceptors (Lipinski definition) is 2. The molecule has 1 saturated heterocycles. The van der Waals surface area contributed by atoms with E-state index in [-0.39, 0.29) is 0 Å². The molecule has 1 N–H and O–H groups in total. The third kappa shape index (κ3) is 3.58. The molecule has 14 heavy (non-hydrogen) atoms. The second kappa shape index (κ2) is 5.72. The van der Waals surface area contributed by atoms with Gasteiger partial charge in [0.25, 0.3) is 0 Å². The van der Waals surface area contributed by atoms with Gasteiger partial charge in [-0.3, -0.25) is 0 Å². The van der Waals surface area contributed by atoms with E-state index in [1.54, 1.807) is 0 Å². The standard InChI is InChI=1S/C12H26N2/c1-5-12-7-6-11(13-10(2)3)8-9-14(12)4/h10-13H,5-9H2,1-4H3/t11?,12-/m0/s1. The van der Waals surface area contributed by atoms with Gasteiger partial charge in [0.15, 0.2) is 0 Å². The fourth-order valence-corrected chi connectivity index (χ4v) is 2.45. The Hall–Kier alpha value is -0.0800. The van der Waals surface area contributed by atoms with E-state index in [9.17, 15) is 0 Å². The highest BCUT2D eigenvalue weighted by molar-refractivity contribution is 4.80. The minimum absolute atomic E-state index is 0.628. The van der Waals surface area contributed by atoms with Gasteiger partial charge in [-0.2, -0.15) is 0 Å². The molecule has 0 amide bonds. The first kappa shape index (κ1) is 12.0. The van der Waals surface area contributed by atoms with E-state index in [0.717, 1.165) is 12.1 Å². The highest BCUT2D eigenvalue weighted by atomic mass is 15.1. The third-order valence-corrected chi connectivity index (χ3v) is 3.34. The molecule has 84 valence electrons. The molecule has 1 rings (SSSR count). The number of nitrogens with zero attached hydrogens (tertiary/aromatic N) is 1. The number of rotatable bonds is 3. The van der Waals surface area contributed by atoms with Crippen molar-refractivity contribution in [1.82, 2.24) is 10.2 Å². The van der Waals surface area contributed by atoms with Gasteiger partial charge in [-0.15, -0.1) is 0 Å². The molecule has 0 saturated carbocycles. The quantitative estimate of drug-likeness (QED) is 0.748. The van der Waals surface area contributed by atoms with Gasteiger partial charge in [0.1, 0.15) is 0 Å². The van der Waals surface area contributed by atoms with Crippen LogP contribution in [0.25, 0.3) is 0 Å². The van der Waals surface area contributed by atoms with Gasteiger partial charge in [0.2, 0.25) is 0 Å². The largest absolute Gasteiger partial charge is 0.312 e. The monoisotopic (exact) mass is 198 g/mol. The summed E-state index contributed by atoms with van der Waals surface area (Å²) >= 11 is 0. The molecule has 0 aromatic rings. The first-order valence-electron chi connectivity index (χ1n) is 6.09. The van der Waals surface area contributed by atoms with Crippen LogP contribution in [0.5, 0.6) is 0 Å². The highest BCUT2D eigenvalue weighted by Crippen LogP contribution is 2.18. The normalized spacial score (nSPS) is 30.6. The van der Waals surface area contributed by atoms with E-state index in [0.29, 0.717) is 6.04 Å². The minimum Gasteiger partial charge on any atom is -0.312 e. The summed E-state index contributed by atoms with van der Waals surface area (Å²) in [5.74, 6) is 0. The lowest BCUT2D eigenvalue weighted by Gasteiger charge is -2.23. The predicted octanol–water partition coefficient (Wildman–Crippen LogP) is 2.25. The topological polar surface area (TPSA) is 15.3 Å². The fraction of sp³-hybridized carbons (Fsp3) is 1.00. The number of likely N-dealkylation sites (tertiary alicyclic amines) is 1. The van der Waals surface area contributed by atoms with Crippen molar-refractivity contribution in [2.45, 2.75) is 64.6 Å². The van der Waals surface area contributed by atoms with Gasteiger partial charge < -0.3 is 10.2 Å². The molecule has 1 unspecified atom stereocenters.